The molecule has 0 unspecified atom stereocenters. The van der Waals surface area contributed by atoms with Gasteiger partial charge < -0.3 is 9.47 Å². The molecule has 0 saturated heterocycles. The van der Waals surface area contributed by atoms with Crippen LogP contribution in [0.1, 0.15) is 150 Å². The highest BCUT2D eigenvalue weighted by atomic mass is 16.5. The Kier molecular flexibility index (Phi) is 17.3. The van der Waals surface area contributed by atoms with Crippen molar-refractivity contribution < 1.29 is 19.1 Å². The summed E-state index contributed by atoms with van der Waals surface area (Å²) >= 11 is 0. The van der Waals surface area contributed by atoms with E-state index < -0.39 is 5.97 Å². The Morgan fingerprint density at radius 2 is 1.11 bits per heavy atom. The molecule has 0 N–H and O–H groups in total. The summed E-state index contributed by atoms with van der Waals surface area (Å²) in [5, 5.41) is 0. The van der Waals surface area contributed by atoms with Crippen LogP contribution in [-0.2, 0) is 22.3 Å². The minimum absolute atomic E-state index is 0.235. The molecule has 0 aromatic heterocycles. The van der Waals surface area contributed by atoms with Crippen molar-refractivity contribution in [3.8, 4) is 0 Å². The van der Waals surface area contributed by atoms with Crippen LogP contribution in [0.15, 0.2) is 12.1 Å². The molecule has 4 nitrogen and oxygen atoms in total. The lowest BCUT2D eigenvalue weighted by atomic mass is 9.89. The third-order valence-electron chi connectivity index (χ3n) is 6.51. The van der Waals surface area contributed by atoms with Gasteiger partial charge in [0.25, 0.3) is 0 Å². The molecule has 206 valence electrons. The van der Waals surface area contributed by atoms with Crippen molar-refractivity contribution >= 4 is 11.9 Å². The van der Waals surface area contributed by atoms with Gasteiger partial charge in [-0.1, -0.05) is 112 Å². The summed E-state index contributed by atoms with van der Waals surface area (Å²) in [6, 6.07) is 3.86. The number of rotatable bonds is 20. The number of aryl methyl sites for hydroxylation is 1. The molecule has 1 aromatic carbocycles. The number of hydrogen-bond acceptors (Lipinski definition) is 4. The smallest absolute Gasteiger partial charge is 0.339 e. The van der Waals surface area contributed by atoms with E-state index in [0.29, 0.717) is 24.3 Å². The molecule has 0 aliphatic heterocycles. The zero-order valence-corrected chi connectivity index (χ0v) is 24.3. The maximum absolute atomic E-state index is 13.4. The maximum Gasteiger partial charge on any atom is 0.339 e. The van der Waals surface area contributed by atoms with Crippen molar-refractivity contribution in [2.45, 2.75) is 131 Å². The van der Waals surface area contributed by atoms with Crippen LogP contribution in [-0.4, -0.2) is 25.2 Å². The summed E-state index contributed by atoms with van der Waals surface area (Å²) in [4.78, 5) is 26.4. The van der Waals surface area contributed by atoms with Gasteiger partial charge in [0.2, 0.25) is 0 Å². The lowest BCUT2D eigenvalue weighted by Gasteiger charge is -2.19. The number of ether oxygens (including phenoxy) is 2. The van der Waals surface area contributed by atoms with Gasteiger partial charge in [-0.2, -0.15) is 0 Å². The molecule has 1 rings (SSSR count). The van der Waals surface area contributed by atoms with Gasteiger partial charge in [0, 0.05) is 0 Å². The van der Waals surface area contributed by atoms with Gasteiger partial charge in [-0.3, -0.25) is 0 Å². The van der Waals surface area contributed by atoms with E-state index in [2.05, 4.69) is 19.9 Å². The highest BCUT2D eigenvalue weighted by Crippen LogP contribution is 2.26. The van der Waals surface area contributed by atoms with Crippen LogP contribution in [0.4, 0.5) is 0 Å². The van der Waals surface area contributed by atoms with Gasteiger partial charge in [0.15, 0.2) is 0 Å². The van der Waals surface area contributed by atoms with Crippen molar-refractivity contribution in [3.63, 3.8) is 0 Å². The molecular formula is C32H54O4. The Labute approximate surface area is 221 Å². The first-order chi connectivity index (χ1) is 17.3. The highest BCUT2D eigenvalue weighted by Gasteiger charge is 2.25. The highest BCUT2D eigenvalue weighted by molar-refractivity contribution is 6.04. The number of hydrogen-bond donors (Lipinski definition) is 0. The lowest BCUT2D eigenvalue weighted by molar-refractivity contribution is 0.0411. The molecular weight excluding hydrogens is 448 g/mol. The second kappa shape index (κ2) is 19.3. The van der Waals surface area contributed by atoms with E-state index in [0.717, 1.165) is 37.7 Å². The maximum atomic E-state index is 13.4. The first-order valence-corrected chi connectivity index (χ1v) is 14.8. The van der Waals surface area contributed by atoms with E-state index in [1.807, 2.05) is 27.7 Å². The molecule has 1 aromatic rings. The summed E-state index contributed by atoms with van der Waals surface area (Å²) in [6.45, 7) is 13.2. The molecule has 0 aliphatic rings. The van der Waals surface area contributed by atoms with Gasteiger partial charge in [0.05, 0.1) is 24.3 Å². The SMILES string of the molecule is CCCCCCCCc1ccc(C(=O)OCC(C)C)c(C(=O)OCC(C)C)c1CCCCCCCC. The largest absolute Gasteiger partial charge is 0.462 e. The molecule has 0 atom stereocenters. The molecule has 0 fully saturated rings. The van der Waals surface area contributed by atoms with E-state index in [9.17, 15) is 9.59 Å². The zero-order valence-electron chi connectivity index (χ0n) is 24.3. The summed E-state index contributed by atoms with van der Waals surface area (Å²) in [7, 11) is 0. The van der Waals surface area contributed by atoms with E-state index in [-0.39, 0.29) is 17.8 Å². The monoisotopic (exact) mass is 502 g/mol. The summed E-state index contributed by atoms with van der Waals surface area (Å²) in [6.07, 6.45) is 16.2. The van der Waals surface area contributed by atoms with Crippen LogP contribution in [0.25, 0.3) is 0 Å². The van der Waals surface area contributed by atoms with Crippen LogP contribution in [0.5, 0.6) is 0 Å². The number of esters is 2. The predicted molar refractivity (Wildman–Crippen MR) is 151 cm³/mol. The molecule has 0 spiro atoms. The lowest BCUT2D eigenvalue weighted by Crippen LogP contribution is -2.20. The summed E-state index contributed by atoms with van der Waals surface area (Å²) in [5.41, 5.74) is 3.00. The Morgan fingerprint density at radius 1 is 0.639 bits per heavy atom. The quantitative estimate of drug-likeness (QED) is 0.132. The third kappa shape index (κ3) is 12.9. The number of carbonyl (C=O) groups excluding carboxylic acids is 2. The molecule has 0 aliphatic carbocycles. The first-order valence-electron chi connectivity index (χ1n) is 14.8. The van der Waals surface area contributed by atoms with Crippen molar-refractivity contribution in [2.75, 3.05) is 13.2 Å². The van der Waals surface area contributed by atoms with Gasteiger partial charge in [-0.05, 0) is 54.7 Å². The molecule has 0 bridgehead atoms. The summed E-state index contributed by atoms with van der Waals surface area (Å²) < 4.78 is 11.2. The topological polar surface area (TPSA) is 52.6 Å². The van der Waals surface area contributed by atoms with Crippen molar-refractivity contribution in [2.24, 2.45) is 11.8 Å². The van der Waals surface area contributed by atoms with E-state index in [1.54, 1.807) is 6.07 Å². The van der Waals surface area contributed by atoms with Crippen molar-refractivity contribution in [3.05, 3.63) is 34.4 Å². The van der Waals surface area contributed by atoms with Gasteiger partial charge in [0.1, 0.15) is 0 Å². The second-order valence-corrected chi connectivity index (χ2v) is 11.1. The minimum Gasteiger partial charge on any atom is -0.462 e. The van der Waals surface area contributed by atoms with Crippen molar-refractivity contribution in [1.29, 1.82) is 0 Å². The molecule has 0 radical (unpaired) electrons. The van der Waals surface area contributed by atoms with Crippen LogP contribution in [0.2, 0.25) is 0 Å². The number of carbonyl (C=O) groups is 2. The van der Waals surface area contributed by atoms with E-state index in [4.69, 9.17) is 9.47 Å². The average molecular weight is 503 g/mol. The normalized spacial score (nSPS) is 11.3. The molecule has 0 saturated carbocycles. The fraction of sp³-hybridized carbons (Fsp3) is 0.750. The number of benzene rings is 1. The second-order valence-electron chi connectivity index (χ2n) is 11.1. The Bertz CT molecular complexity index is 751. The Balaban J connectivity index is 3.21. The minimum atomic E-state index is -0.421. The van der Waals surface area contributed by atoms with Crippen molar-refractivity contribution in [1.82, 2.24) is 0 Å². The van der Waals surface area contributed by atoms with Gasteiger partial charge in [-0.25, -0.2) is 9.59 Å². The Hall–Kier alpha value is -1.84. The van der Waals surface area contributed by atoms with Crippen LogP contribution >= 0.6 is 0 Å². The van der Waals surface area contributed by atoms with Crippen LogP contribution < -0.4 is 0 Å². The van der Waals surface area contributed by atoms with Gasteiger partial charge in [-0.15, -0.1) is 0 Å². The summed E-state index contributed by atoms with van der Waals surface area (Å²) in [5.74, 6) is -0.333. The third-order valence-corrected chi connectivity index (χ3v) is 6.51. The van der Waals surface area contributed by atoms with E-state index in [1.165, 1.54) is 63.4 Å². The molecule has 36 heavy (non-hydrogen) atoms. The van der Waals surface area contributed by atoms with Gasteiger partial charge >= 0.3 is 11.9 Å². The van der Waals surface area contributed by atoms with Crippen LogP contribution in [0, 0.1) is 11.8 Å². The predicted octanol–water partition coefficient (Wildman–Crippen LogP) is 9.12. The average Bonchev–Trinajstić information content (AvgIpc) is 2.85. The fourth-order valence-electron chi connectivity index (χ4n) is 4.43. The van der Waals surface area contributed by atoms with Crippen LogP contribution in [0.3, 0.4) is 0 Å². The molecule has 0 amide bonds. The molecule has 0 heterocycles. The first kappa shape index (κ1) is 32.2. The molecule has 4 heteroatoms. The standard InChI is InChI=1S/C32H54O4/c1-7-9-11-13-15-17-19-27-21-22-29(31(33)35-23-25(3)4)30(32(34)36-24-26(5)6)28(27)20-18-16-14-12-10-8-2/h21-22,25-26H,7-20,23-24H2,1-6H3. The fourth-order valence-corrected chi connectivity index (χ4v) is 4.43. The van der Waals surface area contributed by atoms with E-state index >= 15 is 0 Å². The number of unbranched alkanes of at least 4 members (excludes halogenated alkanes) is 10. The zero-order chi connectivity index (χ0) is 26.8. The Morgan fingerprint density at radius 3 is 1.64 bits per heavy atom.